The van der Waals surface area contributed by atoms with Crippen molar-refractivity contribution in [2.75, 3.05) is 4.90 Å². The normalized spacial score (nSPS) is 15.8. The number of furan rings is 1. The molecule has 3 nitrogen and oxygen atoms in total. The number of rotatable bonds is 3. The first-order valence-electron chi connectivity index (χ1n) is 7.90. The van der Waals surface area contributed by atoms with Crippen LogP contribution < -0.4 is 4.90 Å². The van der Waals surface area contributed by atoms with E-state index in [1.807, 2.05) is 36.4 Å². The number of thioether (sulfide) groups is 1. The molecular weight excluding hydrogens is 513 g/mol. The second-order valence-electron chi connectivity index (χ2n) is 5.71. The number of hydrogen-bond acceptors (Lipinski definition) is 4. The zero-order chi connectivity index (χ0) is 19.0. The quantitative estimate of drug-likeness (QED) is 0.220. The highest BCUT2D eigenvalue weighted by Crippen LogP contribution is 2.37. The number of anilines is 1. The van der Waals surface area contributed by atoms with Gasteiger partial charge >= 0.3 is 0 Å². The third-order valence-corrected chi connectivity index (χ3v) is 6.15. The highest BCUT2D eigenvalue weighted by molar-refractivity contribution is 14.1. The van der Waals surface area contributed by atoms with Gasteiger partial charge in [-0.1, -0.05) is 53.8 Å². The standard InChI is InChI=1S/C20H11ClINO2S2/c21-13-2-1-3-15(10-13)23-19(24)18(27-20(23)26)11-16-8-9-17(25-16)12-4-6-14(22)7-5-12/h1-11H/b18-11+. The van der Waals surface area contributed by atoms with Gasteiger partial charge in [-0.05, 0) is 65.1 Å². The van der Waals surface area contributed by atoms with Gasteiger partial charge in [-0.3, -0.25) is 9.69 Å². The van der Waals surface area contributed by atoms with E-state index in [-0.39, 0.29) is 5.91 Å². The van der Waals surface area contributed by atoms with Crippen molar-refractivity contribution in [2.24, 2.45) is 0 Å². The Labute approximate surface area is 184 Å². The first-order valence-corrected chi connectivity index (χ1v) is 10.6. The maximum absolute atomic E-state index is 12.8. The van der Waals surface area contributed by atoms with Gasteiger partial charge in [0.05, 0.1) is 10.6 Å². The number of carbonyl (C=O) groups excluding carboxylic acids is 1. The van der Waals surface area contributed by atoms with Crippen molar-refractivity contribution in [3.8, 4) is 11.3 Å². The van der Waals surface area contributed by atoms with E-state index >= 15 is 0 Å². The number of hydrogen-bond donors (Lipinski definition) is 0. The molecule has 4 rings (SSSR count). The Hall–Kier alpha value is -1.61. The number of amides is 1. The predicted octanol–water partition coefficient (Wildman–Crippen LogP) is 6.61. The third kappa shape index (κ3) is 3.99. The van der Waals surface area contributed by atoms with Crippen LogP contribution in [0.25, 0.3) is 17.4 Å². The Morgan fingerprint density at radius 1 is 1.11 bits per heavy atom. The van der Waals surface area contributed by atoms with E-state index in [4.69, 9.17) is 28.2 Å². The van der Waals surface area contributed by atoms with E-state index in [0.717, 1.165) is 14.9 Å². The summed E-state index contributed by atoms with van der Waals surface area (Å²) in [6.45, 7) is 0. The smallest absolute Gasteiger partial charge is 0.270 e. The van der Waals surface area contributed by atoms with Crippen LogP contribution in [0.4, 0.5) is 5.69 Å². The summed E-state index contributed by atoms with van der Waals surface area (Å²) in [5.74, 6) is 1.18. The minimum Gasteiger partial charge on any atom is -0.457 e. The topological polar surface area (TPSA) is 33.5 Å². The predicted molar refractivity (Wildman–Crippen MR) is 124 cm³/mol. The second-order valence-corrected chi connectivity index (χ2v) is 9.06. The Kier molecular flexibility index (Phi) is 5.41. The van der Waals surface area contributed by atoms with Gasteiger partial charge in [0, 0.05) is 20.2 Å². The fraction of sp³-hybridized carbons (Fsp3) is 0. The summed E-state index contributed by atoms with van der Waals surface area (Å²) in [5.41, 5.74) is 1.65. The maximum atomic E-state index is 12.8. The molecule has 3 aromatic rings. The first-order chi connectivity index (χ1) is 13.0. The summed E-state index contributed by atoms with van der Waals surface area (Å²) < 4.78 is 7.52. The van der Waals surface area contributed by atoms with E-state index in [1.165, 1.54) is 16.7 Å². The molecule has 27 heavy (non-hydrogen) atoms. The Balaban J connectivity index is 1.61. The van der Waals surface area contributed by atoms with Crippen LogP contribution >= 0.6 is 58.2 Å². The fourth-order valence-electron chi connectivity index (χ4n) is 2.63. The summed E-state index contributed by atoms with van der Waals surface area (Å²) in [4.78, 5) is 14.8. The zero-order valence-electron chi connectivity index (χ0n) is 13.7. The second kappa shape index (κ2) is 7.79. The van der Waals surface area contributed by atoms with Gasteiger partial charge in [-0.2, -0.15) is 0 Å². The lowest BCUT2D eigenvalue weighted by Gasteiger charge is -2.14. The molecule has 134 valence electrons. The summed E-state index contributed by atoms with van der Waals surface area (Å²) in [6.07, 6.45) is 1.72. The van der Waals surface area contributed by atoms with E-state index in [1.54, 1.807) is 30.3 Å². The van der Waals surface area contributed by atoms with Crippen LogP contribution in [0.1, 0.15) is 5.76 Å². The number of benzene rings is 2. The van der Waals surface area contributed by atoms with Crippen molar-refractivity contribution in [1.29, 1.82) is 0 Å². The molecule has 7 heteroatoms. The van der Waals surface area contributed by atoms with Crippen LogP contribution in [-0.4, -0.2) is 10.2 Å². The van der Waals surface area contributed by atoms with Crippen LogP contribution in [0.5, 0.6) is 0 Å². The molecule has 0 spiro atoms. The van der Waals surface area contributed by atoms with E-state index in [2.05, 4.69) is 22.6 Å². The SMILES string of the molecule is O=C1/C(=C\c2ccc(-c3ccc(I)cc3)o2)SC(=S)N1c1cccc(Cl)c1. The Bertz CT molecular complexity index is 1080. The Morgan fingerprint density at radius 3 is 2.63 bits per heavy atom. The van der Waals surface area contributed by atoms with Crippen molar-refractivity contribution in [1.82, 2.24) is 0 Å². The lowest BCUT2D eigenvalue weighted by atomic mass is 10.2. The first kappa shape index (κ1) is 18.7. The van der Waals surface area contributed by atoms with Crippen molar-refractivity contribution >= 4 is 80.2 Å². The lowest BCUT2D eigenvalue weighted by molar-refractivity contribution is -0.113. The fourth-order valence-corrected chi connectivity index (χ4v) is 4.46. The van der Waals surface area contributed by atoms with Gasteiger partial charge in [0.1, 0.15) is 11.5 Å². The van der Waals surface area contributed by atoms with Crippen molar-refractivity contribution in [3.63, 3.8) is 0 Å². The minimum atomic E-state index is -0.181. The van der Waals surface area contributed by atoms with Gasteiger partial charge in [-0.15, -0.1) is 0 Å². The molecule has 0 radical (unpaired) electrons. The van der Waals surface area contributed by atoms with Crippen molar-refractivity contribution < 1.29 is 9.21 Å². The molecule has 1 aliphatic rings. The highest BCUT2D eigenvalue weighted by Gasteiger charge is 2.33. The summed E-state index contributed by atoms with van der Waals surface area (Å²) in [7, 11) is 0. The number of halogens is 2. The van der Waals surface area contributed by atoms with Gasteiger partial charge in [0.15, 0.2) is 4.32 Å². The van der Waals surface area contributed by atoms with Crippen LogP contribution in [0, 0.1) is 3.57 Å². The molecule has 1 saturated heterocycles. The van der Waals surface area contributed by atoms with E-state index in [9.17, 15) is 4.79 Å². The molecule has 1 aromatic heterocycles. The molecule has 0 aliphatic carbocycles. The van der Waals surface area contributed by atoms with Crippen molar-refractivity contribution in [3.05, 3.63) is 79.9 Å². The number of nitrogens with zero attached hydrogens (tertiary/aromatic N) is 1. The molecule has 1 fully saturated rings. The van der Waals surface area contributed by atoms with Crippen LogP contribution in [0.2, 0.25) is 5.02 Å². The molecule has 0 unspecified atom stereocenters. The largest absolute Gasteiger partial charge is 0.457 e. The summed E-state index contributed by atoms with van der Waals surface area (Å²) in [5, 5.41) is 0.554. The van der Waals surface area contributed by atoms with Gasteiger partial charge in [-0.25, -0.2) is 0 Å². The van der Waals surface area contributed by atoms with Crippen LogP contribution in [-0.2, 0) is 4.79 Å². The Morgan fingerprint density at radius 2 is 1.89 bits per heavy atom. The molecule has 0 N–H and O–H groups in total. The molecule has 2 aromatic carbocycles. The summed E-state index contributed by atoms with van der Waals surface area (Å²) in [6, 6.07) is 18.9. The molecule has 0 bridgehead atoms. The molecule has 0 saturated carbocycles. The van der Waals surface area contributed by atoms with Gasteiger partial charge in [0.25, 0.3) is 5.91 Å². The van der Waals surface area contributed by atoms with Crippen molar-refractivity contribution in [2.45, 2.75) is 0 Å². The maximum Gasteiger partial charge on any atom is 0.270 e. The molecule has 0 atom stereocenters. The minimum absolute atomic E-state index is 0.181. The monoisotopic (exact) mass is 523 g/mol. The van der Waals surface area contributed by atoms with Crippen LogP contribution in [0.15, 0.2) is 70.0 Å². The summed E-state index contributed by atoms with van der Waals surface area (Å²) >= 11 is 14.9. The highest BCUT2D eigenvalue weighted by atomic mass is 127. The van der Waals surface area contributed by atoms with E-state index in [0.29, 0.717) is 25.7 Å². The average molecular weight is 524 g/mol. The molecule has 2 heterocycles. The number of carbonyl (C=O) groups is 1. The van der Waals surface area contributed by atoms with E-state index < -0.39 is 0 Å². The van der Waals surface area contributed by atoms with Crippen LogP contribution in [0.3, 0.4) is 0 Å². The zero-order valence-corrected chi connectivity index (χ0v) is 18.2. The average Bonchev–Trinajstić information content (AvgIpc) is 3.21. The van der Waals surface area contributed by atoms with Gasteiger partial charge < -0.3 is 4.42 Å². The van der Waals surface area contributed by atoms with Gasteiger partial charge in [0.2, 0.25) is 0 Å². The number of thiocarbonyl (C=S) groups is 1. The molecule has 1 aliphatic heterocycles. The lowest BCUT2D eigenvalue weighted by Crippen LogP contribution is -2.27. The third-order valence-electron chi connectivity index (χ3n) is 3.89. The molecule has 1 amide bonds. The molecular formula is C20H11ClINO2S2.